The zero-order valence-electron chi connectivity index (χ0n) is 21.1. The molecule has 4 aromatic rings. The molecule has 0 aliphatic carbocycles. The van der Waals surface area contributed by atoms with Crippen molar-refractivity contribution in [2.75, 3.05) is 11.5 Å². The summed E-state index contributed by atoms with van der Waals surface area (Å²) in [6.07, 6.45) is -1.83. The first kappa shape index (κ1) is 26.8. The molecular weight excluding hydrogens is 517 g/mol. The SMILES string of the molecule is Cc1ccc([C@@H](O)CO[C@H]2C(=O)N(c3ccccc3)[C@@H]2c2ccc(-c3ccc(P(=O)(O)O)cc3)cc2O)cc1. The Hall–Kier alpha value is -3.78. The van der Waals surface area contributed by atoms with E-state index in [9.17, 15) is 29.4 Å². The fraction of sp³-hybridized carbons (Fsp3) is 0.167. The molecule has 0 bridgehead atoms. The van der Waals surface area contributed by atoms with Crippen molar-refractivity contribution < 1.29 is 34.1 Å². The van der Waals surface area contributed by atoms with E-state index in [0.29, 0.717) is 27.9 Å². The van der Waals surface area contributed by atoms with E-state index in [-0.39, 0.29) is 23.6 Å². The van der Waals surface area contributed by atoms with E-state index >= 15 is 0 Å². The number of nitrogens with zero attached hydrogens (tertiary/aromatic N) is 1. The van der Waals surface area contributed by atoms with Gasteiger partial charge in [-0.3, -0.25) is 14.3 Å². The number of β-lactam (4-membered cyclic amide) rings is 1. The maximum absolute atomic E-state index is 13.2. The van der Waals surface area contributed by atoms with Crippen LogP contribution in [0.4, 0.5) is 5.69 Å². The van der Waals surface area contributed by atoms with Gasteiger partial charge >= 0.3 is 7.60 Å². The fourth-order valence-electron chi connectivity index (χ4n) is 4.70. The van der Waals surface area contributed by atoms with Gasteiger partial charge in [0, 0.05) is 11.3 Å². The number of carbonyl (C=O) groups is 1. The van der Waals surface area contributed by atoms with Gasteiger partial charge in [0.2, 0.25) is 0 Å². The summed E-state index contributed by atoms with van der Waals surface area (Å²) >= 11 is 0. The molecule has 9 heteroatoms. The lowest BCUT2D eigenvalue weighted by Crippen LogP contribution is -2.60. The molecule has 0 radical (unpaired) electrons. The van der Waals surface area contributed by atoms with Gasteiger partial charge in [-0.15, -0.1) is 0 Å². The number of amides is 1. The second-order valence-corrected chi connectivity index (χ2v) is 11.1. The first-order valence-corrected chi connectivity index (χ1v) is 14.0. The quantitative estimate of drug-likeness (QED) is 0.191. The third-order valence-electron chi connectivity index (χ3n) is 6.86. The molecule has 8 nitrogen and oxygen atoms in total. The summed E-state index contributed by atoms with van der Waals surface area (Å²) in [7, 11) is -4.36. The van der Waals surface area contributed by atoms with Gasteiger partial charge in [0.25, 0.3) is 5.91 Å². The highest BCUT2D eigenvalue weighted by molar-refractivity contribution is 7.60. The van der Waals surface area contributed by atoms with Gasteiger partial charge in [-0.25, -0.2) is 0 Å². The molecule has 1 saturated heterocycles. The monoisotopic (exact) mass is 545 g/mol. The van der Waals surface area contributed by atoms with Gasteiger partial charge in [-0.2, -0.15) is 0 Å². The number of aliphatic hydroxyl groups is 1. The minimum atomic E-state index is -4.36. The van der Waals surface area contributed by atoms with Crippen LogP contribution in [0.2, 0.25) is 0 Å². The van der Waals surface area contributed by atoms with Crippen molar-refractivity contribution in [3.63, 3.8) is 0 Å². The molecule has 0 unspecified atom stereocenters. The van der Waals surface area contributed by atoms with Crippen LogP contribution in [-0.4, -0.2) is 38.6 Å². The Morgan fingerprint density at radius 2 is 1.54 bits per heavy atom. The van der Waals surface area contributed by atoms with Gasteiger partial charge in [0.15, 0.2) is 6.10 Å². The van der Waals surface area contributed by atoms with Crippen LogP contribution in [0, 0.1) is 6.92 Å². The molecule has 1 aliphatic rings. The van der Waals surface area contributed by atoms with E-state index in [4.69, 9.17) is 4.74 Å². The van der Waals surface area contributed by atoms with Crippen molar-refractivity contribution in [2.45, 2.75) is 25.2 Å². The molecule has 200 valence electrons. The Kier molecular flexibility index (Phi) is 7.40. The number of aryl methyl sites for hydroxylation is 1. The minimum absolute atomic E-state index is 0.0577. The van der Waals surface area contributed by atoms with Crippen molar-refractivity contribution in [1.82, 2.24) is 0 Å². The zero-order chi connectivity index (χ0) is 27.7. The van der Waals surface area contributed by atoms with E-state index in [1.54, 1.807) is 47.4 Å². The Labute approximate surface area is 225 Å². The first-order valence-electron chi connectivity index (χ1n) is 12.4. The first-order chi connectivity index (χ1) is 18.6. The van der Waals surface area contributed by atoms with Crippen LogP contribution >= 0.6 is 7.60 Å². The third-order valence-corrected chi connectivity index (χ3v) is 7.83. The standard InChI is InChI=1S/C30H28NO7P/c1-19-7-9-21(10-8-19)27(33)18-38-29-28(31(30(29)34)23-5-3-2-4-6-23)25-16-13-22(17-26(25)32)20-11-14-24(15-12-20)39(35,36)37/h2-17,27-29,32-33H,18H2,1H3,(H2,35,36,37)/t27-,28+,29+/m0/s1. The summed E-state index contributed by atoms with van der Waals surface area (Å²) in [4.78, 5) is 33.5. The average molecular weight is 546 g/mol. The molecule has 1 aliphatic heterocycles. The molecule has 1 amide bonds. The van der Waals surface area contributed by atoms with E-state index < -0.39 is 25.8 Å². The van der Waals surface area contributed by atoms with Crippen LogP contribution < -0.4 is 10.2 Å². The number of anilines is 1. The smallest absolute Gasteiger partial charge is 0.356 e. The lowest BCUT2D eigenvalue weighted by Gasteiger charge is -2.47. The number of aliphatic hydroxyl groups excluding tert-OH is 1. The summed E-state index contributed by atoms with van der Waals surface area (Å²) in [6, 6.07) is 26.8. The summed E-state index contributed by atoms with van der Waals surface area (Å²) in [5.74, 6) is -0.337. The molecule has 39 heavy (non-hydrogen) atoms. The average Bonchev–Trinajstić information content (AvgIpc) is 2.92. The second-order valence-electron chi connectivity index (χ2n) is 9.53. The van der Waals surface area contributed by atoms with Crippen molar-refractivity contribution in [2.24, 2.45) is 0 Å². The summed E-state index contributed by atoms with van der Waals surface area (Å²) in [6.45, 7) is 1.86. The molecule has 0 saturated carbocycles. The van der Waals surface area contributed by atoms with Gasteiger partial charge < -0.3 is 24.7 Å². The molecular formula is C30H28NO7P. The van der Waals surface area contributed by atoms with Crippen LogP contribution in [0.3, 0.4) is 0 Å². The van der Waals surface area contributed by atoms with Crippen molar-refractivity contribution in [1.29, 1.82) is 0 Å². The molecule has 1 fully saturated rings. The topological polar surface area (TPSA) is 128 Å². The number of ether oxygens (including phenoxy) is 1. The Morgan fingerprint density at radius 1 is 0.897 bits per heavy atom. The van der Waals surface area contributed by atoms with Crippen LogP contribution in [0.25, 0.3) is 11.1 Å². The highest BCUT2D eigenvalue weighted by atomic mass is 31.2. The van der Waals surface area contributed by atoms with E-state index in [1.807, 2.05) is 49.4 Å². The number of aromatic hydroxyl groups is 1. The highest BCUT2D eigenvalue weighted by Gasteiger charge is 2.51. The summed E-state index contributed by atoms with van der Waals surface area (Å²) in [5.41, 5.74) is 4.18. The number of phenolic OH excluding ortho intramolecular Hbond substituents is 1. The van der Waals surface area contributed by atoms with E-state index in [2.05, 4.69) is 0 Å². The molecule has 1 heterocycles. The Bertz CT molecular complexity index is 1520. The second kappa shape index (κ2) is 10.8. The number of hydrogen-bond acceptors (Lipinski definition) is 5. The van der Waals surface area contributed by atoms with Gasteiger partial charge in [-0.1, -0.05) is 72.3 Å². The summed E-state index contributed by atoms with van der Waals surface area (Å²) < 4.78 is 17.4. The minimum Gasteiger partial charge on any atom is -0.508 e. The predicted molar refractivity (Wildman–Crippen MR) is 148 cm³/mol. The zero-order valence-corrected chi connectivity index (χ0v) is 22.0. The number of benzene rings is 4. The normalized spacial score (nSPS) is 18.1. The van der Waals surface area contributed by atoms with Crippen LogP contribution in [0.5, 0.6) is 5.75 Å². The van der Waals surface area contributed by atoms with E-state index in [1.165, 1.54) is 12.1 Å². The van der Waals surface area contributed by atoms with E-state index in [0.717, 1.165) is 5.56 Å². The van der Waals surface area contributed by atoms with Gasteiger partial charge in [-0.05, 0) is 53.9 Å². The lowest BCUT2D eigenvalue weighted by atomic mass is 9.88. The number of para-hydroxylation sites is 1. The molecule has 4 aromatic carbocycles. The number of carbonyl (C=O) groups excluding carboxylic acids is 1. The highest BCUT2D eigenvalue weighted by Crippen LogP contribution is 2.45. The predicted octanol–water partition coefficient (Wildman–Crippen LogP) is 4.38. The third kappa shape index (κ3) is 5.52. The molecule has 0 spiro atoms. The van der Waals surface area contributed by atoms with Gasteiger partial charge in [0.05, 0.1) is 11.9 Å². The lowest BCUT2D eigenvalue weighted by molar-refractivity contribution is -0.145. The van der Waals surface area contributed by atoms with Gasteiger partial charge in [0.1, 0.15) is 17.9 Å². The molecule has 3 atom stereocenters. The summed E-state index contributed by atoms with van der Waals surface area (Å²) in [5, 5.41) is 21.6. The van der Waals surface area contributed by atoms with Crippen LogP contribution in [-0.2, 0) is 14.1 Å². The number of phenols is 1. The van der Waals surface area contributed by atoms with Crippen molar-refractivity contribution >= 4 is 24.5 Å². The number of hydrogen-bond donors (Lipinski definition) is 4. The maximum atomic E-state index is 13.2. The van der Waals surface area contributed by atoms with Crippen molar-refractivity contribution in [3.8, 4) is 16.9 Å². The number of rotatable bonds is 8. The molecule has 0 aromatic heterocycles. The van der Waals surface area contributed by atoms with Crippen LogP contribution in [0.1, 0.15) is 28.8 Å². The Balaban J connectivity index is 1.42. The van der Waals surface area contributed by atoms with Crippen LogP contribution in [0.15, 0.2) is 97.1 Å². The fourth-order valence-corrected chi connectivity index (χ4v) is 5.24. The molecule has 4 N–H and O–H groups in total. The van der Waals surface area contributed by atoms with Crippen molar-refractivity contribution in [3.05, 3.63) is 114 Å². The molecule has 5 rings (SSSR count). The maximum Gasteiger partial charge on any atom is 0.356 e. The largest absolute Gasteiger partial charge is 0.508 e. The Morgan fingerprint density at radius 3 is 2.15 bits per heavy atom.